The van der Waals surface area contributed by atoms with E-state index in [0.717, 1.165) is 17.1 Å². The van der Waals surface area contributed by atoms with Crippen LogP contribution in [0.5, 0.6) is 0 Å². The van der Waals surface area contributed by atoms with Gasteiger partial charge in [-0.25, -0.2) is 0 Å². The fourth-order valence-corrected chi connectivity index (χ4v) is 11.3. The lowest BCUT2D eigenvalue weighted by Crippen LogP contribution is -2.28. The maximum absolute atomic E-state index is 2.54. The fourth-order valence-electron chi connectivity index (χ4n) is 11.3. The maximum Gasteiger partial charge on any atom is 0.0714 e. The first-order valence-corrected chi connectivity index (χ1v) is 22.5. The smallest absolute Gasteiger partial charge is 0.0714 e. The van der Waals surface area contributed by atoms with E-state index < -0.39 is 5.41 Å². The quantitative estimate of drug-likeness (QED) is 0.155. The molecule has 0 bridgehead atoms. The van der Waals surface area contributed by atoms with Crippen LogP contribution in [0.15, 0.2) is 231 Å². The van der Waals surface area contributed by atoms with Crippen molar-refractivity contribution in [3.8, 4) is 44.5 Å². The molecule has 0 heterocycles. The Balaban J connectivity index is 1.16. The second-order valence-corrected chi connectivity index (χ2v) is 18.1. The third-order valence-electron chi connectivity index (χ3n) is 14.3. The monoisotopic (exact) mass is 817 g/mol. The molecule has 0 atom stereocenters. The van der Waals surface area contributed by atoms with Crippen molar-refractivity contribution in [2.24, 2.45) is 0 Å². The number of nitrogens with zero attached hydrogens (tertiary/aromatic N) is 1. The molecule has 0 radical (unpaired) electrons. The Bertz CT molecular complexity index is 3390. The standard InChI is InChI=1S/C63H47N/c1-42-19-10-12-26-49(42)56-39-44(51-30-18-21-43-20-11-13-27-50(43)51)33-38-61(56)64(47-34-36-54-52-28-14-16-31-57(52)62(2,3)59(54)40-47)48-35-37-55-53-29-15-17-32-58(53)63(60(55)41-48,45-22-6-4-7-23-45)46-24-8-5-9-25-46/h4-41H,1-3H3. The average Bonchev–Trinajstić information content (AvgIpc) is 3.77. The van der Waals surface area contributed by atoms with Gasteiger partial charge in [0.2, 0.25) is 0 Å². The van der Waals surface area contributed by atoms with Crippen molar-refractivity contribution in [2.75, 3.05) is 4.90 Å². The Morgan fingerprint density at radius 1 is 0.344 bits per heavy atom. The lowest BCUT2D eigenvalue weighted by molar-refractivity contribution is 0.660. The van der Waals surface area contributed by atoms with Crippen molar-refractivity contribution < 1.29 is 0 Å². The highest BCUT2D eigenvalue weighted by molar-refractivity contribution is 6.00. The summed E-state index contributed by atoms with van der Waals surface area (Å²) in [5, 5.41) is 2.49. The molecule has 0 fully saturated rings. The van der Waals surface area contributed by atoms with Crippen molar-refractivity contribution >= 4 is 27.8 Å². The summed E-state index contributed by atoms with van der Waals surface area (Å²) in [5.74, 6) is 0. The first kappa shape index (κ1) is 38.0. The summed E-state index contributed by atoms with van der Waals surface area (Å²) in [6.45, 7) is 7.00. The minimum atomic E-state index is -0.533. The Kier molecular flexibility index (Phi) is 8.71. The molecule has 1 heteroatoms. The largest absolute Gasteiger partial charge is 0.310 e. The molecule has 0 unspecified atom stereocenters. The summed E-state index contributed by atoms with van der Waals surface area (Å²) in [6, 6.07) is 86.0. The number of hydrogen-bond donors (Lipinski definition) is 0. The van der Waals surface area contributed by atoms with Gasteiger partial charge in [0.05, 0.1) is 11.1 Å². The molecule has 304 valence electrons. The van der Waals surface area contributed by atoms with E-state index in [2.05, 4.69) is 256 Å². The molecule has 10 aromatic rings. The van der Waals surface area contributed by atoms with E-state index >= 15 is 0 Å². The van der Waals surface area contributed by atoms with E-state index in [9.17, 15) is 0 Å². The van der Waals surface area contributed by atoms with Crippen LogP contribution >= 0.6 is 0 Å². The van der Waals surface area contributed by atoms with Gasteiger partial charge in [-0.2, -0.15) is 0 Å². The molecule has 2 aliphatic carbocycles. The summed E-state index contributed by atoms with van der Waals surface area (Å²) in [7, 11) is 0. The number of anilines is 3. The Morgan fingerprint density at radius 3 is 1.56 bits per heavy atom. The van der Waals surface area contributed by atoms with Gasteiger partial charge in [-0.15, -0.1) is 0 Å². The Labute approximate surface area is 376 Å². The molecule has 0 saturated heterocycles. The topological polar surface area (TPSA) is 3.24 Å². The molecular formula is C63H47N. The molecule has 0 aliphatic heterocycles. The summed E-state index contributed by atoms with van der Waals surface area (Å²) in [5.41, 5.74) is 21.8. The minimum absolute atomic E-state index is 0.167. The highest BCUT2D eigenvalue weighted by Gasteiger charge is 2.46. The molecule has 0 N–H and O–H groups in total. The lowest BCUT2D eigenvalue weighted by Gasteiger charge is -2.35. The SMILES string of the molecule is Cc1ccccc1-c1cc(-c2cccc3ccccc23)ccc1N(c1ccc2c(c1)C(C)(C)c1ccccc1-2)c1ccc2c(c1)C(c1ccccc1)(c1ccccc1)c1ccccc1-2. The van der Waals surface area contributed by atoms with Gasteiger partial charge < -0.3 is 4.90 Å². The van der Waals surface area contributed by atoms with Crippen LogP contribution < -0.4 is 4.90 Å². The predicted octanol–water partition coefficient (Wildman–Crippen LogP) is 16.6. The number of rotatable bonds is 7. The molecule has 12 rings (SSSR count). The van der Waals surface area contributed by atoms with Crippen LogP contribution in [0.3, 0.4) is 0 Å². The second-order valence-electron chi connectivity index (χ2n) is 18.1. The van der Waals surface area contributed by atoms with Crippen LogP contribution in [-0.2, 0) is 10.8 Å². The van der Waals surface area contributed by atoms with Crippen molar-refractivity contribution in [1.82, 2.24) is 0 Å². The van der Waals surface area contributed by atoms with E-state index in [1.807, 2.05) is 0 Å². The average molecular weight is 818 g/mol. The van der Waals surface area contributed by atoms with Crippen molar-refractivity contribution in [3.05, 3.63) is 269 Å². The first-order chi connectivity index (χ1) is 31.4. The first-order valence-electron chi connectivity index (χ1n) is 22.5. The van der Waals surface area contributed by atoms with Crippen LogP contribution in [0, 0.1) is 6.92 Å². The van der Waals surface area contributed by atoms with E-state index in [-0.39, 0.29) is 5.41 Å². The molecule has 1 nitrogen and oxygen atoms in total. The minimum Gasteiger partial charge on any atom is -0.310 e. The van der Waals surface area contributed by atoms with Gasteiger partial charge in [0.1, 0.15) is 0 Å². The molecule has 64 heavy (non-hydrogen) atoms. The molecule has 0 saturated carbocycles. The van der Waals surface area contributed by atoms with Gasteiger partial charge >= 0.3 is 0 Å². The highest BCUT2D eigenvalue weighted by atomic mass is 15.1. The third kappa shape index (κ3) is 5.64. The molecule has 0 aromatic heterocycles. The number of aryl methyl sites for hydroxylation is 1. The molecule has 0 spiro atoms. The zero-order valence-corrected chi connectivity index (χ0v) is 36.4. The summed E-state index contributed by atoms with van der Waals surface area (Å²) in [4.78, 5) is 2.54. The second kappa shape index (κ2) is 14.7. The van der Waals surface area contributed by atoms with Gasteiger partial charge in [0, 0.05) is 22.4 Å². The number of fused-ring (bicyclic) bond motifs is 7. The van der Waals surface area contributed by atoms with E-state index in [0.29, 0.717) is 0 Å². The van der Waals surface area contributed by atoms with Crippen LogP contribution in [0.4, 0.5) is 17.1 Å². The summed E-state index contributed by atoms with van der Waals surface area (Å²) < 4.78 is 0. The molecule has 2 aliphatic rings. The summed E-state index contributed by atoms with van der Waals surface area (Å²) >= 11 is 0. The van der Waals surface area contributed by atoms with Crippen LogP contribution in [-0.4, -0.2) is 0 Å². The molecular weight excluding hydrogens is 771 g/mol. The van der Waals surface area contributed by atoms with Gasteiger partial charge in [-0.05, 0) is 132 Å². The van der Waals surface area contributed by atoms with Gasteiger partial charge in [-0.3, -0.25) is 0 Å². The van der Waals surface area contributed by atoms with E-state index in [1.165, 1.54) is 94.2 Å². The maximum atomic E-state index is 2.54. The predicted molar refractivity (Wildman–Crippen MR) is 269 cm³/mol. The Hall–Kier alpha value is -7.74. The lowest BCUT2D eigenvalue weighted by atomic mass is 9.67. The number of hydrogen-bond acceptors (Lipinski definition) is 1. The highest BCUT2D eigenvalue weighted by Crippen LogP contribution is 2.58. The van der Waals surface area contributed by atoms with E-state index in [1.54, 1.807) is 0 Å². The van der Waals surface area contributed by atoms with Crippen molar-refractivity contribution in [3.63, 3.8) is 0 Å². The number of benzene rings is 10. The van der Waals surface area contributed by atoms with Gasteiger partial charge in [-0.1, -0.05) is 208 Å². The van der Waals surface area contributed by atoms with Crippen LogP contribution in [0.2, 0.25) is 0 Å². The molecule has 0 amide bonds. The molecule has 10 aromatic carbocycles. The zero-order valence-electron chi connectivity index (χ0n) is 36.4. The van der Waals surface area contributed by atoms with Gasteiger partial charge in [0.25, 0.3) is 0 Å². The zero-order chi connectivity index (χ0) is 43.0. The Morgan fingerprint density at radius 2 is 0.859 bits per heavy atom. The van der Waals surface area contributed by atoms with Crippen LogP contribution in [0.1, 0.15) is 52.8 Å². The van der Waals surface area contributed by atoms with E-state index in [4.69, 9.17) is 0 Å². The third-order valence-corrected chi connectivity index (χ3v) is 14.3. The van der Waals surface area contributed by atoms with Crippen LogP contribution in [0.25, 0.3) is 55.3 Å². The van der Waals surface area contributed by atoms with Gasteiger partial charge in [0.15, 0.2) is 0 Å². The van der Waals surface area contributed by atoms with Crippen molar-refractivity contribution in [2.45, 2.75) is 31.6 Å². The van der Waals surface area contributed by atoms with Crippen molar-refractivity contribution in [1.29, 1.82) is 0 Å². The normalized spacial score (nSPS) is 13.8. The fraction of sp³-hybridized carbons (Fsp3) is 0.0794. The summed E-state index contributed by atoms with van der Waals surface area (Å²) in [6.07, 6.45) is 0.